The zero-order valence-corrected chi connectivity index (χ0v) is 10.7. The third-order valence-electron chi connectivity index (χ3n) is 2.34. The van der Waals surface area contributed by atoms with Crippen LogP contribution in [0.2, 0.25) is 0 Å². The molecule has 0 bridgehead atoms. The van der Waals surface area contributed by atoms with Crippen LogP contribution in [-0.2, 0) is 6.54 Å². The van der Waals surface area contributed by atoms with Crippen LogP contribution < -0.4 is 0 Å². The lowest BCUT2D eigenvalue weighted by molar-refractivity contribution is 0.262. The molecule has 0 saturated carbocycles. The van der Waals surface area contributed by atoms with Gasteiger partial charge in [0.05, 0.1) is 13.2 Å². The molecule has 0 fully saturated rings. The molecule has 0 aliphatic rings. The lowest BCUT2D eigenvalue weighted by Gasteiger charge is -2.16. The number of hydrogen-bond donors (Lipinski definition) is 1. The van der Waals surface area contributed by atoms with Crippen molar-refractivity contribution in [2.24, 2.45) is 0 Å². The van der Waals surface area contributed by atoms with Crippen molar-refractivity contribution in [3.05, 3.63) is 0 Å². The molecular weight excluding hydrogens is 226 g/mol. The fourth-order valence-electron chi connectivity index (χ4n) is 1.34. The van der Waals surface area contributed by atoms with E-state index >= 15 is 0 Å². The van der Waals surface area contributed by atoms with Crippen LogP contribution in [0, 0.1) is 0 Å². The summed E-state index contributed by atoms with van der Waals surface area (Å²) in [6.45, 7) is 8.00. The molecule has 1 N–H and O–H groups in total. The Labute approximate surface area is 100 Å². The molecule has 0 atom stereocenters. The molecule has 16 heavy (non-hydrogen) atoms. The lowest BCUT2D eigenvalue weighted by atomic mass is 10.5. The average molecular weight is 245 g/mol. The van der Waals surface area contributed by atoms with E-state index in [0.29, 0.717) is 6.54 Å². The highest BCUT2D eigenvalue weighted by Gasteiger charge is 2.06. The largest absolute Gasteiger partial charge is 0.394 e. The highest BCUT2D eigenvalue weighted by atomic mass is 32.2. The van der Waals surface area contributed by atoms with Crippen LogP contribution in [0.4, 0.5) is 0 Å². The molecule has 0 spiro atoms. The Morgan fingerprint density at radius 1 is 1.38 bits per heavy atom. The topological polar surface area (TPSA) is 67.1 Å². The Morgan fingerprint density at radius 3 is 2.75 bits per heavy atom. The Hall–Kier alpha value is -0.660. The molecule has 7 heteroatoms. The van der Waals surface area contributed by atoms with Gasteiger partial charge in [-0.2, -0.15) is 0 Å². The Bertz CT molecular complexity index is 289. The van der Waals surface area contributed by atoms with E-state index in [1.54, 1.807) is 16.4 Å². The van der Waals surface area contributed by atoms with E-state index in [1.165, 1.54) is 0 Å². The molecule has 1 aromatic heterocycles. The SMILES string of the molecule is CCN(CC)CCSc1nnnn1CCO. The van der Waals surface area contributed by atoms with Crippen LogP contribution in [-0.4, -0.2) is 62.2 Å². The number of nitrogens with zero attached hydrogens (tertiary/aromatic N) is 5. The maximum absolute atomic E-state index is 8.82. The van der Waals surface area contributed by atoms with Gasteiger partial charge in [0.2, 0.25) is 5.16 Å². The summed E-state index contributed by atoms with van der Waals surface area (Å²) in [4.78, 5) is 2.35. The van der Waals surface area contributed by atoms with E-state index in [4.69, 9.17) is 5.11 Å². The minimum atomic E-state index is 0.0641. The van der Waals surface area contributed by atoms with Crippen molar-refractivity contribution in [2.45, 2.75) is 25.5 Å². The molecule has 0 unspecified atom stereocenters. The second-order valence-corrected chi connectivity index (χ2v) is 4.35. The van der Waals surface area contributed by atoms with Crippen LogP contribution in [0.3, 0.4) is 0 Å². The van der Waals surface area contributed by atoms with Crippen molar-refractivity contribution in [1.82, 2.24) is 25.1 Å². The Morgan fingerprint density at radius 2 is 2.12 bits per heavy atom. The minimum absolute atomic E-state index is 0.0641. The Balaban J connectivity index is 2.33. The average Bonchev–Trinajstić information content (AvgIpc) is 2.73. The number of aliphatic hydroxyl groups is 1. The lowest BCUT2D eigenvalue weighted by Crippen LogP contribution is -2.25. The van der Waals surface area contributed by atoms with Crippen LogP contribution in [0.25, 0.3) is 0 Å². The zero-order chi connectivity index (χ0) is 11.8. The summed E-state index contributed by atoms with van der Waals surface area (Å²) in [7, 11) is 0. The summed E-state index contributed by atoms with van der Waals surface area (Å²) in [6, 6.07) is 0. The number of aliphatic hydroxyl groups excluding tert-OH is 1. The van der Waals surface area contributed by atoms with Crippen LogP contribution >= 0.6 is 11.8 Å². The molecule has 0 radical (unpaired) electrons. The van der Waals surface area contributed by atoms with Crippen LogP contribution in [0.15, 0.2) is 5.16 Å². The molecule has 0 amide bonds. The van der Waals surface area contributed by atoms with Crippen molar-refractivity contribution in [2.75, 3.05) is 32.0 Å². The van der Waals surface area contributed by atoms with Crippen LogP contribution in [0.5, 0.6) is 0 Å². The van der Waals surface area contributed by atoms with Crippen molar-refractivity contribution >= 4 is 11.8 Å². The quantitative estimate of drug-likeness (QED) is 0.655. The van der Waals surface area contributed by atoms with Crippen molar-refractivity contribution < 1.29 is 5.11 Å². The van der Waals surface area contributed by atoms with E-state index in [1.807, 2.05) is 0 Å². The predicted octanol–water partition coefficient (Wildman–Crippen LogP) is 0.0993. The first-order chi connectivity index (χ1) is 7.81. The van der Waals surface area contributed by atoms with Gasteiger partial charge in [-0.05, 0) is 23.5 Å². The highest BCUT2D eigenvalue weighted by Crippen LogP contribution is 2.13. The van der Waals surface area contributed by atoms with Gasteiger partial charge < -0.3 is 10.0 Å². The van der Waals surface area contributed by atoms with E-state index in [-0.39, 0.29) is 6.61 Å². The molecule has 1 rings (SSSR count). The molecule has 0 aromatic carbocycles. The first-order valence-electron chi connectivity index (χ1n) is 5.54. The zero-order valence-electron chi connectivity index (χ0n) is 9.83. The van der Waals surface area contributed by atoms with Gasteiger partial charge in [-0.15, -0.1) is 5.10 Å². The summed E-state index contributed by atoms with van der Waals surface area (Å²) >= 11 is 1.63. The normalized spacial score (nSPS) is 11.2. The minimum Gasteiger partial charge on any atom is -0.394 e. The first-order valence-corrected chi connectivity index (χ1v) is 6.52. The molecule has 0 saturated heterocycles. The van der Waals surface area contributed by atoms with Crippen molar-refractivity contribution in [3.8, 4) is 0 Å². The van der Waals surface area contributed by atoms with Gasteiger partial charge in [-0.25, -0.2) is 4.68 Å². The Kier molecular flexibility index (Phi) is 6.36. The summed E-state index contributed by atoms with van der Waals surface area (Å²) in [5.41, 5.74) is 0. The highest BCUT2D eigenvalue weighted by molar-refractivity contribution is 7.99. The molecule has 6 nitrogen and oxygen atoms in total. The summed E-state index contributed by atoms with van der Waals surface area (Å²) in [5, 5.41) is 20.9. The van der Waals surface area contributed by atoms with Gasteiger partial charge in [-0.1, -0.05) is 25.6 Å². The standard InChI is InChI=1S/C9H19N5OS/c1-3-13(4-2)6-8-16-9-10-11-12-14(9)5-7-15/h15H,3-8H2,1-2H3. The van der Waals surface area contributed by atoms with Gasteiger partial charge >= 0.3 is 0 Å². The van der Waals surface area contributed by atoms with Gasteiger partial charge in [0.25, 0.3) is 0 Å². The molecule has 0 aliphatic carbocycles. The summed E-state index contributed by atoms with van der Waals surface area (Å²) in [5.74, 6) is 0.966. The summed E-state index contributed by atoms with van der Waals surface area (Å²) in [6.07, 6.45) is 0. The number of aromatic nitrogens is 4. The molecule has 0 aliphatic heterocycles. The monoisotopic (exact) mass is 245 g/mol. The third kappa shape index (κ3) is 4.07. The predicted molar refractivity (Wildman–Crippen MR) is 63.4 cm³/mol. The maximum Gasteiger partial charge on any atom is 0.209 e. The van der Waals surface area contributed by atoms with Crippen LogP contribution in [0.1, 0.15) is 13.8 Å². The number of hydrogen-bond acceptors (Lipinski definition) is 6. The number of rotatable bonds is 8. The smallest absolute Gasteiger partial charge is 0.209 e. The second-order valence-electron chi connectivity index (χ2n) is 3.28. The van der Waals surface area contributed by atoms with Gasteiger partial charge in [0, 0.05) is 12.3 Å². The fraction of sp³-hybridized carbons (Fsp3) is 0.889. The maximum atomic E-state index is 8.82. The molecule has 1 aromatic rings. The third-order valence-corrected chi connectivity index (χ3v) is 3.28. The second kappa shape index (κ2) is 7.59. The van der Waals surface area contributed by atoms with E-state index < -0.39 is 0 Å². The van der Waals surface area contributed by atoms with E-state index in [2.05, 4.69) is 34.3 Å². The van der Waals surface area contributed by atoms with Gasteiger partial charge in [-0.3, -0.25) is 0 Å². The first kappa shape index (κ1) is 13.4. The molecular formula is C9H19N5OS. The number of thioether (sulfide) groups is 1. The van der Waals surface area contributed by atoms with Gasteiger partial charge in [0.1, 0.15) is 0 Å². The van der Waals surface area contributed by atoms with E-state index in [9.17, 15) is 0 Å². The van der Waals surface area contributed by atoms with Crippen molar-refractivity contribution in [3.63, 3.8) is 0 Å². The van der Waals surface area contributed by atoms with Crippen molar-refractivity contribution in [1.29, 1.82) is 0 Å². The molecule has 1 heterocycles. The van der Waals surface area contributed by atoms with Gasteiger partial charge in [0.15, 0.2) is 0 Å². The molecule has 92 valence electrons. The number of tetrazole rings is 1. The van der Waals surface area contributed by atoms with E-state index in [0.717, 1.165) is 30.5 Å². The fourth-order valence-corrected chi connectivity index (χ4v) is 2.24. The summed E-state index contributed by atoms with van der Waals surface area (Å²) < 4.78 is 1.63.